The molecule has 12 nitrogen and oxygen atoms in total. The number of hydrogen-bond donors (Lipinski definition) is 2. The average molecular weight is 657 g/mol. The molecule has 0 aromatic carbocycles. The lowest BCUT2D eigenvalue weighted by atomic mass is 10.2. The van der Waals surface area contributed by atoms with Gasteiger partial charge in [0.1, 0.15) is 16.1 Å². The molecule has 0 radical (unpaired) electrons. The SMILES string of the molecule is CCC(C(N)=O)S(=O)CCOCCS(=O)CC(C)C(N)=O.CCC(OC)S(C)=O.CCC(OCCOC)S(C)=O. The molecule has 2 amide bonds. The zero-order chi connectivity index (χ0) is 31.7. The van der Waals surface area contributed by atoms with Crippen molar-refractivity contribution in [3.8, 4) is 0 Å². The summed E-state index contributed by atoms with van der Waals surface area (Å²) in [6.07, 6.45) is 5.34. The van der Waals surface area contributed by atoms with Gasteiger partial charge in [0.15, 0.2) is 0 Å². The van der Waals surface area contributed by atoms with Crippen LogP contribution in [0.15, 0.2) is 0 Å². The van der Waals surface area contributed by atoms with Crippen LogP contribution in [0.1, 0.15) is 47.0 Å². The summed E-state index contributed by atoms with van der Waals surface area (Å²) in [4.78, 5) is 21.8. The Balaban J connectivity index is -0.000000598. The van der Waals surface area contributed by atoms with Gasteiger partial charge in [0, 0.05) is 93.1 Å². The van der Waals surface area contributed by atoms with E-state index in [1.807, 2.05) is 13.8 Å². The molecule has 4 N–H and O–H groups in total. The molecule has 0 aliphatic carbocycles. The van der Waals surface area contributed by atoms with Crippen LogP contribution in [-0.2, 0) is 71.7 Å². The van der Waals surface area contributed by atoms with Crippen molar-refractivity contribution in [1.29, 1.82) is 0 Å². The molecule has 0 saturated heterocycles. The second kappa shape index (κ2) is 28.5. The quantitative estimate of drug-likeness (QED) is 0.163. The zero-order valence-corrected chi connectivity index (χ0v) is 28.5. The van der Waals surface area contributed by atoms with Crippen LogP contribution >= 0.6 is 0 Å². The Morgan fingerprint density at radius 2 is 1.27 bits per heavy atom. The second-order valence-electron chi connectivity index (χ2n) is 8.38. The van der Waals surface area contributed by atoms with E-state index in [2.05, 4.69) is 0 Å². The Morgan fingerprint density at radius 1 is 0.750 bits per heavy atom. The zero-order valence-electron chi connectivity index (χ0n) is 25.3. The van der Waals surface area contributed by atoms with Gasteiger partial charge in [-0.2, -0.15) is 0 Å². The van der Waals surface area contributed by atoms with Gasteiger partial charge >= 0.3 is 0 Å². The van der Waals surface area contributed by atoms with Gasteiger partial charge in [-0.3, -0.25) is 26.4 Å². The molecule has 0 aromatic rings. The number of primary amides is 2. The number of carbonyl (C=O) groups is 2. The van der Waals surface area contributed by atoms with Crippen LogP contribution in [0.2, 0.25) is 0 Å². The number of amides is 2. The Kier molecular flexibility index (Phi) is 31.2. The predicted molar refractivity (Wildman–Crippen MR) is 164 cm³/mol. The van der Waals surface area contributed by atoms with E-state index in [9.17, 15) is 26.4 Å². The van der Waals surface area contributed by atoms with Gasteiger partial charge < -0.3 is 30.4 Å². The number of hydrogen-bond acceptors (Lipinski definition) is 10. The van der Waals surface area contributed by atoms with Crippen molar-refractivity contribution >= 4 is 55.0 Å². The van der Waals surface area contributed by atoms with E-state index < -0.39 is 66.2 Å². The lowest BCUT2D eigenvalue weighted by Crippen LogP contribution is -2.34. The maximum atomic E-state index is 11.8. The molecule has 0 aliphatic rings. The van der Waals surface area contributed by atoms with Crippen molar-refractivity contribution in [3.63, 3.8) is 0 Å². The minimum absolute atomic E-state index is 0.0741. The number of rotatable bonds is 21. The number of nitrogens with two attached hydrogens (primary N) is 2. The molecular weight excluding hydrogens is 605 g/mol. The summed E-state index contributed by atoms with van der Waals surface area (Å²) in [7, 11) is -1.05. The molecule has 0 heterocycles. The van der Waals surface area contributed by atoms with Crippen LogP contribution in [0.3, 0.4) is 0 Å². The van der Waals surface area contributed by atoms with Crippen molar-refractivity contribution in [2.75, 3.05) is 70.4 Å². The number of methoxy groups -OCH3 is 2. The fourth-order valence-corrected chi connectivity index (χ4v) is 6.63. The summed E-state index contributed by atoms with van der Waals surface area (Å²) in [6, 6.07) is 0. The third-order valence-corrected chi connectivity index (χ3v) is 10.8. The van der Waals surface area contributed by atoms with Gasteiger partial charge in [-0.15, -0.1) is 0 Å². The van der Waals surface area contributed by atoms with Crippen LogP contribution in [0.4, 0.5) is 0 Å². The highest BCUT2D eigenvalue weighted by Gasteiger charge is 2.20. The Labute approximate surface area is 250 Å². The first-order valence-corrected chi connectivity index (χ1v) is 19.0. The van der Waals surface area contributed by atoms with Gasteiger partial charge in [0.05, 0.1) is 26.4 Å². The summed E-state index contributed by atoms with van der Waals surface area (Å²) in [5.41, 5.74) is 10.0. The normalized spacial score (nSPS) is 16.9. The average Bonchev–Trinajstić information content (AvgIpc) is 2.87. The first kappa shape index (κ1) is 43.8. The molecule has 0 fully saturated rings. The molecule has 40 heavy (non-hydrogen) atoms. The molecule has 0 aromatic heterocycles. The van der Waals surface area contributed by atoms with Crippen molar-refractivity contribution in [1.82, 2.24) is 0 Å². The lowest BCUT2D eigenvalue weighted by Gasteiger charge is -2.12. The van der Waals surface area contributed by atoms with Crippen molar-refractivity contribution < 1.29 is 45.4 Å². The lowest BCUT2D eigenvalue weighted by molar-refractivity contribution is -0.120. The van der Waals surface area contributed by atoms with Gasteiger partial charge in [0.25, 0.3) is 0 Å². The topological polar surface area (TPSA) is 191 Å². The van der Waals surface area contributed by atoms with E-state index in [1.165, 1.54) is 0 Å². The minimum atomic E-state index is -1.35. The van der Waals surface area contributed by atoms with Gasteiger partial charge in [0.2, 0.25) is 11.8 Å². The van der Waals surface area contributed by atoms with Gasteiger partial charge in [-0.25, -0.2) is 0 Å². The molecule has 0 rings (SSSR count). The fourth-order valence-electron chi connectivity index (χ4n) is 2.75. The first-order valence-electron chi connectivity index (χ1n) is 12.9. The molecular formula is C24H52N2O10S4. The van der Waals surface area contributed by atoms with E-state index in [0.29, 0.717) is 19.6 Å². The summed E-state index contributed by atoms with van der Waals surface area (Å²) in [5.74, 6) is -0.763. The molecule has 0 saturated carbocycles. The van der Waals surface area contributed by atoms with Gasteiger partial charge in [-0.05, 0) is 19.3 Å². The predicted octanol–water partition coefficient (Wildman–Crippen LogP) is 0.397. The Hall–Kier alpha value is -0.620. The summed E-state index contributed by atoms with van der Waals surface area (Å²) in [6.45, 7) is 8.81. The van der Waals surface area contributed by atoms with Crippen LogP contribution < -0.4 is 11.5 Å². The smallest absolute Gasteiger partial charge is 0.233 e. The van der Waals surface area contributed by atoms with E-state index >= 15 is 0 Å². The first-order chi connectivity index (χ1) is 18.7. The Bertz CT molecular complexity index is 770. The van der Waals surface area contributed by atoms with Gasteiger partial charge in [-0.1, -0.05) is 27.7 Å². The van der Waals surface area contributed by atoms with Crippen molar-refractivity contribution in [3.05, 3.63) is 0 Å². The fraction of sp³-hybridized carbons (Fsp3) is 0.917. The third-order valence-electron chi connectivity index (χ3n) is 5.07. The molecule has 0 bridgehead atoms. The molecule has 16 heteroatoms. The highest BCUT2D eigenvalue weighted by molar-refractivity contribution is 7.86. The highest BCUT2D eigenvalue weighted by Crippen LogP contribution is 2.03. The monoisotopic (exact) mass is 656 g/mol. The maximum absolute atomic E-state index is 11.8. The van der Waals surface area contributed by atoms with Crippen LogP contribution in [0, 0.1) is 5.92 Å². The number of ether oxygens (including phenoxy) is 4. The molecule has 8 unspecified atom stereocenters. The minimum Gasteiger partial charge on any atom is -0.382 e. The Morgan fingerprint density at radius 3 is 1.62 bits per heavy atom. The second-order valence-corrected chi connectivity index (χ2v) is 14.8. The molecule has 8 atom stereocenters. The van der Waals surface area contributed by atoms with E-state index in [1.54, 1.807) is 40.6 Å². The van der Waals surface area contributed by atoms with Crippen molar-refractivity contribution in [2.24, 2.45) is 17.4 Å². The van der Waals surface area contributed by atoms with Crippen molar-refractivity contribution in [2.45, 2.75) is 63.1 Å². The van der Waals surface area contributed by atoms with E-state index in [0.717, 1.165) is 12.8 Å². The highest BCUT2D eigenvalue weighted by atomic mass is 32.2. The van der Waals surface area contributed by atoms with E-state index in [-0.39, 0.29) is 41.3 Å². The summed E-state index contributed by atoms with van der Waals surface area (Å²) in [5, 5.41) is -0.654. The third kappa shape index (κ3) is 25.1. The van der Waals surface area contributed by atoms with Crippen LogP contribution in [0.25, 0.3) is 0 Å². The molecule has 0 aliphatic heterocycles. The standard InChI is InChI=1S/C12H24N2O5S2.C7H16O3S.C5H12O2S/c1-3-10(12(14)16)21(18)7-5-19-4-6-20(17)8-9(2)11(13)15;1-4-7(11(3)8)10-6-5-9-2;1-4-5(7-2)8(3)6/h9-10H,3-8H2,1-2H3,(H2,13,15)(H2,14,16);7H,4-6H2,1-3H3;5H,4H2,1-3H3. The van der Waals surface area contributed by atoms with E-state index in [4.69, 9.17) is 30.4 Å². The van der Waals surface area contributed by atoms with Crippen LogP contribution in [0.5, 0.6) is 0 Å². The number of carbonyl (C=O) groups excluding carboxylic acids is 2. The molecule has 242 valence electrons. The maximum Gasteiger partial charge on any atom is 0.233 e. The summed E-state index contributed by atoms with van der Waals surface area (Å²) >= 11 is 0. The summed E-state index contributed by atoms with van der Waals surface area (Å²) < 4.78 is 65.0. The van der Waals surface area contributed by atoms with Crippen LogP contribution in [-0.4, -0.2) is 115 Å². The molecule has 0 spiro atoms. The largest absolute Gasteiger partial charge is 0.382 e.